The molecule has 6 aliphatic rings. The van der Waals surface area contributed by atoms with Gasteiger partial charge in [-0.2, -0.15) is 0 Å². The van der Waals surface area contributed by atoms with Gasteiger partial charge in [-0.1, -0.05) is 25.3 Å². The molecule has 4 atom stereocenters. The number of aliphatic hydroxyl groups excluding tert-OH is 1. The monoisotopic (exact) mass is 450 g/mol. The number of piperidine rings is 2. The summed E-state index contributed by atoms with van der Waals surface area (Å²) in [7, 11) is 0. The van der Waals surface area contributed by atoms with Crippen LogP contribution in [-0.4, -0.2) is 48.1 Å². The fourth-order valence-electron chi connectivity index (χ4n) is 8.31. The molecule has 5 fully saturated rings. The molecule has 4 unspecified atom stereocenters. The zero-order valence-corrected chi connectivity index (χ0v) is 19.6. The van der Waals surface area contributed by atoms with Gasteiger partial charge in [0.1, 0.15) is 11.9 Å². The Morgan fingerprint density at radius 1 is 0.879 bits per heavy atom. The highest BCUT2D eigenvalue weighted by atomic mass is 16.3. The lowest BCUT2D eigenvalue weighted by molar-refractivity contribution is -0.127. The van der Waals surface area contributed by atoms with Crippen molar-refractivity contribution in [2.24, 2.45) is 11.8 Å². The Balaban J connectivity index is 1.34. The highest BCUT2D eigenvalue weighted by Gasteiger charge is 2.79. The van der Waals surface area contributed by atoms with Gasteiger partial charge in [-0.3, -0.25) is 4.79 Å². The van der Waals surface area contributed by atoms with Crippen LogP contribution in [0.4, 0.5) is 11.4 Å². The second-order valence-corrected chi connectivity index (χ2v) is 11.5. The maximum atomic E-state index is 12.0. The number of rotatable bonds is 3. The van der Waals surface area contributed by atoms with E-state index in [0.29, 0.717) is 30.2 Å². The summed E-state index contributed by atoms with van der Waals surface area (Å²) in [4.78, 5) is 17.5. The Hall–Kier alpha value is -1.79. The third kappa shape index (κ3) is 2.89. The highest BCUT2D eigenvalue weighted by Crippen LogP contribution is 2.74. The number of nitrogens with zero attached hydrogens (tertiary/aromatic N) is 2. The van der Waals surface area contributed by atoms with E-state index < -0.39 is 6.23 Å². The van der Waals surface area contributed by atoms with E-state index in [1.54, 1.807) is 0 Å². The van der Waals surface area contributed by atoms with Crippen molar-refractivity contribution in [3.8, 4) is 0 Å². The smallest absolute Gasteiger partial charge is 0.222 e. The summed E-state index contributed by atoms with van der Waals surface area (Å²) in [5, 5.41) is 17.4. The molecule has 178 valence electrons. The first-order valence-electron chi connectivity index (χ1n) is 13.6. The van der Waals surface area contributed by atoms with Crippen LogP contribution < -0.4 is 20.4 Å². The Morgan fingerprint density at radius 2 is 1.64 bits per heavy atom. The van der Waals surface area contributed by atoms with Crippen molar-refractivity contribution in [3.05, 3.63) is 23.8 Å². The number of amides is 1. The maximum absolute atomic E-state index is 12.0. The van der Waals surface area contributed by atoms with Crippen molar-refractivity contribution in [1.82, 2.24) is 10.6 Å². The topological polar surface area (TPSA) is 67.8 Å². The van der Waals surface area contributed by atoms with Gasteiger partial charge >= 0.3 is 0 Å². The van der Waals surface area contributed by atoms with Gasteiger partial charge in [-0.15, -0.1) is 0 Å². The first-order chi connectivity index (χ1) is 16.2. The zero-order valence-electron chi connectivity index (χ0n) is 19.6. The third-order valence-corrected chi connectivity index (χ3v) is 9.97. The zero-order chi connectivity index (χ0) is 22.2. The van der Waals surface area contributed by atoms with Gasteiger partial charge in [0.15, 0.2) is 0 Å². The van der Waals surface area contributed by atoms with Crippen LogP contribution in [0.15, 0.2) is 18.2 Å². The summed E-state index contributed by atoms with van der Waals surface area (Å²) in [6, 6.07) is 7.85. The van der Waals surface area contributed by atoms with Gasteiger partial charge in [-0.25, -0.2) is 0 Å². The number of aliphatic hydroxyl groups is 1. The fraction of sp³-hybridized carbons (Fsp3) is 0.741. The number of hydrogen-bond acceptors (Lipinski definition) is 5. The lowest BCUT2D eigenvalue weighted by atomic mass is 9.89. The summed E-state index contributed by atoms with van der Waals surface area (Å²) in [5.74, 6) is 2.04. The van der Waals surface area contributed by atoms with Crippen molar-refractivity contribution in [3.63, 3.8) is 0 Å². The van der Waals surface area contributed by atoms with E-state index in [1.807, 2.05) is 0 Å². The molecule has 1 aromatic carbocycles. The van der Waals surface area contributed by atoms with E-state index in [2.05, 4.69) is 38.6 Å². The van der Waals surface area contributed by atoms with E-state index >= 15 is 0 Å². The van der Waals surface area contributed by atoms with Gasteiger partial charge in [0.05, 0.1) is 17.4 Å². The molecule has 6 heteroatoms. The number of carbonyl (C=O) groups excluding carboxylic acids is 1. The van der Waals surface area contributed by atoms with Gasteiger partial charge in [0.2, 0.25) is 5.91 Å². The minimum absolute atomic E-state index is 0.0172. The number of nitrogens with one attached hydrogen (secondary N) is 2. The molecule has 3 aliphatic carbocycles. The summed E-state index contributed by atoms with van der Waals surface area (Å²) in [5.41, 5.74) is 4.27. The molecule has 7 rings (SSSR count). The minimum atomic E-state index is -0.786. The lowest BCUT2D eigenvalue weighted by Gasteiger charge is -2.46. The number of fused-ring (bicyclic) bond motifs is 4. The third-order valence-electron chi connectivity index (χ3n) is 9.97. The van der Waals surface area contributed by atoms with Gasteiger partial charge < -0.3 is 25.5 Å². The maximum Gasteiger partial charge on any atom is 0.222 e. The minimum Gasteiger partial charge on any atom is -0.372 e. The van der Waals surface area contributed by atoms with Crippen LogP contribution >= 0.6 is 0 Å². The normalized spacial score (nSPS) is 38.6. The molecule has 0 aromatic heterocycles. The summed E-state index contributed by atoms with van der Waals surface area (Å²) >= 11 is 0. The van der Waals surface area contributed by atoms with Crippen LogP contribution in [0.3, 0.4) is 0 Å². The van der Waals surface area contributed by atoms with E-state index in [-0.39, 0.29) is 17.6 Å². The summed E-state index contributed by atoms with van der Waals surface area (Å²) in [6.45, 7) is 2.23. The first kappa shape index (κ1) is 20.6. The van der Waals surface area contributed by atoms with E-state index in [1.165, 1.54) is 74.7 Å². The Bertz CT molecular complexity index is 928. The SMILES string of the molecule is O=C1CCC(N2c3ccc(C4CCNCC4)cc3N(C3CCCCC3)C23C2CCC23)C(O)N1. The molecule has 33 heavy (non-hydrogen) atoms. The van der Waals surface area contributed by atoms with Crippen molar-refractivity contribution in [1.29, 1.82) is 0 Å². The van der Waals surface area contributed by atoms with Gasteiger partial charge in [-0.05, 0) is 81.6 Å². The number of carbonyl (C=O) groups is 1. The Kier molecular flexibility index (Phi) is 4.74. The standard InChI is InChI=1S/C27H38N4O2/c32-25-11-10-23(26(33)29-25)31-22-9-6-18(17-12-14-28-15-13-17)16-24(22)30(19-4-2-1-3-5-19)27(31)20-7-8-21(20)27/h6,9,16-17,19-21,23,26,28,33H,1-5,7-8,10-15H2,(H,29,32). The molecule has 3 aliphatic heterocycles. The molecule has 6 nitrogen and oxygen atoms in total. The second kappa shape index (κ2) is 7.61. The molecule has 3 saturated carbocycles. The van der Waals surface area contributed by atoms with Crippen LogP contribution in [0.2, 0.25) is 0 Å². The predicted octanol–water partition coefficient (Wildman–Crippen LogP) is 3.45. The van der Waals surface area contributed by atoms with Crippen molar-refractivity contribution in [2.45, 2.75) is 101 Å². The van der Waals surface area contributed by atoms with Gasteiger partial charge in [0.25, 0.3) is 0 Å². The molecule has 0 bridgehead atoms. The number of anilines is 2. The van der Waals surface area contributed by atoms with Crippen LogP contribution in [0.5, 0.6) is 0 Å². The van der Waals surface area contributed by atoms with Crippen molar-refractivity contribution in [2.75, 3.05) is 22.9 Å². The molecule has 1 spiro atoms. The second-order valence-electron chi connectivity index (χ2n) is 11.5. The molecule has 1 amide bonds. The molecule has 3 heterocycles. The molecule has 3 N–H and O–H groups in total. The quantitative estimate of drug-likeness (QED) is 0.658. The van der Waals surface area contributed by atoms with E-state index in [0.717, 1.165) is 19.5 Å². The largest absolute Gasteiger partial charge is 0.372 e. The number of benzene rings is 1. The number of hydrogen-bond donors (Lipinski definition) is 3. The molecule has 2 saturated heterocycles. The summed E-state index contributed by atoms with van der Waals surface area (Å²) in [6.07, 6.45) is 12.1. The van der Waals surface area contributed by atoms with Crippen LogP contribution in [0.25, 0.3) is 0 Å². The van der Waals surface area contributed by atoms with E-state index in [9.17, 15) is 9.90 Å². The lowest BCUT2D eigenvalue weighted by Crippen LogP contribution is -2.62. The Morgan fingerprint density at radius 3 is 2.33 bits per heavy atom. The van der Waals surface area contributed by atoms with Crippen LogP contribution in [0, 0.1) is 11.8 Å². The van der Waals surface area contributed by atoms with Crippen LogP contribution in [0.1, 0.15) is 82.1 Å². The summed E-state index contributed by atoms with van der Waals surface area (Å²) < 4.78 is 0. The average molecular weight is 451 g/mol. The molecule has 0 radical (unpaired) electrons. The first-order valence-corrected chi connectivity index (χ1v) is 13.6. The van der Waals surface area contributed by atoms with Crippen molar-refractivity contribution < 1.29 is 9.90 Å². The van der Waals surface area contributed by atoms with Gasteiger partial charge in [0, 0.05) is 24.3 Å². The fourth-order valence-corrected chi connectivity index (χ4v) is 8.31. The van der Waals surface area contributed by atoms with Crippen LogP contribution in [-0.2, 0) is 4.79 Å². The van der Waals surface area contributed by atoms with Crippen molar-refractivity contribution >= 4 is 17.3 Å². The molecular weight excluding hydrogens is 412 g/mol. The molecule has 1 aromatic rings. The predicted molar refractivity (Wildman–Crippen MR) is 129 cm³/mol. The molecular formula is C27H38N4O2. The average Bonchev–Trinajstić information content (AvgIpc) is 3.15. The van der Waals surface area contributed by atoms with E-state index in [4.69, 9.17) is 0 Å². The Labute approximate surface area is 197 Å². The highest BCUT2D eigenvalue weighted by molar-refractivity contribution is 5.85.